The summed E-state index contributed by atoms with van der Waals surface area (Å²) < 4.78 is 0. The molecule has 1 atom stereocenters. The zero-order valence-electron chi connectivity index (χ0n) is 27.4. The summed E-state index contributed by atoms with van der Waals surface area (Å²) in [6.45, 7) is 4.02. The molecule has 0 saturated heterocycles. The number of aryl methyl sites for hydroxylation is 2. The molecule has 0 aliphatic heterocycles. The Balaban J connectivity index is 1.16. The predicted octanol–water partition coefficient (Wildman–Crippen LogP) is 9.31. The van der Waals surface area contributed by atoms with Crippen molar-refractivity contribution in [3.63, 3.8) is 0 Å². The molecule has 9 heteroatoms. The van der Waals surface area contributed by atoms with Crippen molar-refractivity contribution in [2.75, 3.05) is 10.6 Å². The molecule has 1 heterocycles. The van der Waals surface area contributed by atoms with Crippen molar-refractivity contribution in [1.29, 1.82) is 0 Å². The summed E-state index contributed by atoms with van der Waals surface area (Å²) in [6, 6.07) is 41.4. The van der Waals surface area contributed by atoms with Crippen molar-refractivity contribution in [2.24, 2.45) is 0 Å². The smallest absolute Gasteiger partial charge is 0.272 e. The number of thiazole rings is 1. The van der Waals surface area contributed by atoms with Crippen LogP contribution in [0, 0.1) is 13.8 Å². The molecule has 1 aromatic heterocycles. The standard InChI is InChI=1S/C41H34N4O3S2/c1-27-13-17-29(18-14-27)25-35(43-38(46)32-11-7-4-8-12-32)39(47)42-33-21-23-34(24-22-33)50-37(31-9-5-3-6-10-31)40(48)45-41-44-36(26-49-41)30-19-15-28(2)16-20-30/h3-26,37H,1-2H3,(H,42,47)(H,43,46)(H,44,45,48)/b35-25-. The zero-order chi connectivity index (χ0) is 34.9. The highest BCUT2D eigenvalue weighted by Crippen LogP contribution is 2.37. The van der Waals surface area contributed by atoms with E-state index in [4.69, 9.17) is 0 Å². The van der Waals surface area contributed by atoms with Gasteiger partial charge in [0.15, 0.2) is 5.13 Å². The van der Waals surface area contributed by atoms with Gasteiger partial charge in [-0.2, -0.15) is 0 Å². The van der Waals surface area contributed by atoms with Gasteiger partial charge in [0, 0.05) is 27.1 Å². The summed E-state index contributed by atoms with van der Waals surface area (Å²) in [4.78, 5) is 45.7. The molecule has 7 nitrogen and oxygen atoms in total. The first kappa shape index (κ1) is 34.1. The number of rotatable bonds is 11. The van der Waals surface area contributed by atoms with Gasteiger partial charge in [-0.25, -0.2) is 4.98 Å². The minimum atomic E-state index is -0.555. The van der Waals surface area contributed by atoms with Crippen LogP contribution >= 0.6 is 23.1 Å². The summed E-state index contributed by atoms with van der Waals surface area (Å²) in [7, 11) is 0. The maximum Gasteiger partial charge on any atom is 0.272 e. The van der Waals surface area contributed by atoms with Gasteiger partial charge in [0.25, 0.3) is 11.8 Å². The van der Waals surface area contributed by atoms with E-state index >= 15 is 0 Å². The third kappa shape index (κ3) is 9.02. The van der Waals surface area contributed by atoms with E-state index in [1.54, 1.807) is 42.5 Å². The number of benzene rings is 5. The first-order valence-corrected chi connectivity index (χ1v) is 17.7. The topological polar surface area (TPSA) is 100 Å². The van der Waals surface area contributed by atoms with Crippen LogP contribution in [0.15, 0.2) is 149 Å². The van der Waals surface area contributed by atoms with Gasteiger partial charge in [0.05, 0.1) is 5.69 Å². The van der Waals surface area contributed by atoms with Crippen molar-refractivity contribution in [1.82, 2.24) is 10.3 Å². The molecule has 1 unspecified atom stereocenters. The van der Waals surface area contributed by atoms with Crippen LogP contribution in [0.4, 0.5) is 10.8 Å². The molecule has 3 N–H and O–H groups in total. The van der Waals surface area contributed by atoms with Crippen molar-refractivity contribution in [3.8, 4) is 11.3 Å². The number of nitrogens with zero attached hydrogens (tertiary/aromatic N) is 1. The van der Waals surface area contributed by atoms with Crippen LogP contribution in [0.1, 0.15) is 37.9 Å². The van der Waals surface area contributed by atoms with Crippen LogP contribution in [-0.4, -0.2) is 22.7 Å². The molecule has 3 amide bonds. The third-order valence-corrected chi connectivity index (χ3v) is 9.73. The Hall–Kier alpha value is -5.77. The van der Waals surface area contributed by atoms with E-state index in [0.717, 1.165) is 32.8 Å². The summed E-state index contributed by atoms with van der Waals surface area (Å²) in [5, 5.41) is 10.6. The number of aromatic nitrogens is 1. The van der Waals surface area contributed by atoms with E-state index in [1.807, 2.05) is 116 Å². The third-order valence-electron chi connectivity index (χ3n) is 7.71. The SMILES string of the molecule is Cc1ccc(/C=C(\NC(=O)c2ccccc2)C(=O)Nc2ccc(SC(C(=O)Nc3nc(-c4ccc(C)cc4)cs3)c3ccccc3)cc2)cc1. The van der Waals surface area contributed by atoms with E-state index in [1.165, 1.54) is 28.7 Å². The van der Waals surface area contributed by atoms with Crippen LogP contribution in [-0.2, 0) is 9.59 Å². The lowest BCUT2D eigenvalue weighted by molar-refractivity contribution is -0.116. The summed E-state index contributed by atoms with van der Waals surface area (Å²) >= 11 is 2.79. The summed E-state index contributed by atoms with van der Waals surface area (Å²) in [6.07, 6.45) is 1.65. The number of carbonyl (C=O) groups is 3. The molecule has 0 aliphatic carbocycles. The second-order valence-corrected chi connectivity index (χ2v) is 13.6. The molecule has 5 aromatic carbocycles. The number of anilines is 2. The Bertz CT molecular complexity index is 2110. The van der Waals surface area contributed by atoms with E-state index in [2.05, 4.69) is 20.9 Å². The number of nitrogens with one attached hydrogen (secondary N) is 3. The fourth-order valence-corrected chi connectivity index (χ4v) is 6.73. The van der Waals surface area contributed by atoms with Gasteiger partial charge in [-0.05, 0) is 67.4 Å². The normalized spacial score (nSPS) is 11.8. The Labute approximate surface area is 299 Å². The van der Waals surface area contributed by atoms with Crippen LogP contribution in [0.2, 0.25) is 0 Å². The molecule has 6 aromatic rings. The Kier molecular flexibility index (Phi) is 11.0. The highest BCUT2D eigenvalue weighted by molar-refractivity contribution is 8.00. The highest BCUT2D eigenvalue weighted by Gasteiger charge is 2.23. The Morgan fingerprint density at radius 1 is 0.720 bits per heavy atom. The molecule has 0 spiro atoms. The number of amides is 3. The first-order chi connectivity index (χ1) is 24.3. The van der Waals surface area contributed by atoms with Crippen LogP contribution < -0.4 is 16.0 Å². The van der Waals surface area contributed by atoms with Gasteiger partial charge < -0.3 is 16.0 Å². The Morgan fingerprint density at radius 3 is 2.00 bits per heavy atom. The molecule has 0 radical (unpaired) electrons. The van der Waals surface area contributed by atoms with Gasteiger partial charge in [0.1, 0.15) is 10.9 Å². The fourth-order valence-electron chi connectivity index (χ4n) is 4.98. The molecule has 50 heavy (non-hydrogen) atoms. The maximum absolute atomic E-state index is 13.7. The summed E-state index contributed by atoms with van der Waals surface area (Å²) in [5.74, 6) is -1.05. The van der Waals surface area contributed by atoms with Gasteiger partial charge in [-0.15, -0.1) is 23.1 Å². The van der Waals surface area contributed by atoms with Gasteiger partial charge in [0.2, 0.25) is 5.91 Å². The second-order valence-electron chi connectivity index (χ2n) is 11.6. The van der Waals surface area contributed by atoms with E-state index in [-0.39, 0.29) is 17.5 Å². The van der Waals surface area contributed by atoms with Crippen molar-refractivity contribution in [3.05, 3.63) is 172 Å². The number of hydrogen-bond donors (Lipinski definition) is 3. The van der Waals surface area contributed by atoms with Gasteiger partial charge >= 0.3 is 0 Å². The molecule has 0 fully saturated rings. The van der Waals surface area contributed by atoms with Crippen molar-refractivity contribution in [2.45, 2.75) is 24.0 Å². The van der Waals surface area contributed by atoms with E-state index in [0.29, 0.717) is 16.4 Å². The van der Waals surface area contributed by atoms with E-state index < -0.39 is 11.2 Å². The van der Waals surface area contributed by atoms with Gasteiger partial charge in [-0.3, -0.25) is 14.4 Å². The van der Waals surface area contributed by atoms with Crippen molar-refractivity contribution >= 4 is 57.7 Å². The molecule has 0 bridgehead atoms. The molecule has 248 valence electrons. The average Bonchev–Trinajstić information content (AvgIpc) is 3.61. The molecule has 6 rings (SSSR count). The van der Waals surface area contributed by atoms with Crippen LogP contribution in [0.3, 0.4) is 0 Å². The first-order valence-electron chi connectivity index (χ1n) is 15.9. The average molecular weight is 695 g/mol. The van der Waals surface area contributed by atoms with Crippen LogP contribution in [0.25, 0.3) is 17.3 Å². The quantitative estimate of drug-likeness (QED) is 0.0928. The minimum Gasteiger partial charge on any atom is -0.321 e. The lowest BCUT2D eigenvalue weighted by atomic mass is 10.1. The largest absolute Gasteiger partial charge is 0.321 e. The maximum atomic E-state index is 13.7. The van der Waals surface area contributed by atoms with E-state index in [9.17, 15) is 14.4 Å². The Morgan fingerprint density at radius 2 is 1.34 bits per heavy atom. The van der Waals surface area contributed by atoms with Gasteiger partial charge in [-0.1, -0.05) is 108 Å². The monoisotopic (exact) mass is 694 g/mol. The number of thioether (sulfide) groups is 1. The molecular formula is C41H34N4O3S2. The lowest BCUT2D eigenvalue weighted by Gasteiger charge is -2.17. The molecule has 0 aliphatic rings. The minimum absolute atomic E-state index is 0.106. The second kappa shape index (κ2) is 16.1. The molecule has 0 saturated carbocycles. The predicted molar refractivity (Wildman–Crippen MR) is 204 cm³/mol. The fraction of sp³-hybridized carbons (Fsp3) is 0.0732. The lowest BCUT2D eigenvalue weighted by Crippen LogP contribution is -2.30. The number of hydrogen-bond acceptors (Lipinski definition) is 6. The zero-order valence-corrected chi connectivity index (χ0v) is 29.1. The van der Waals surface area contributed by atoms with Crippen molar-refractivity contribution < 1.29 is 14.4 Å². The summed E-state index contributed by atoms with van der Waals surface area (Å²) in [5.41, 5.74) is 6.76. The van der Waals surface area contributed by atoms with Crippen LogP contribution in [0.5, 0.6) is 0 Å². The number of carbonyl (C=O) groups excluding carboxylic acids is 3. The molecular weight excluding hydrogens is 661 g/mol. The highest BCUT2D eigenvalue weighted by atomic mass is 32.2.